The lowest BCUT2D eigenvalue weighted by Gasteiger charge is -2.61. The molecule has 0 spiro atoms. The van der Waals surface area contributed by atoms with Crippen molar-refractivity contribution in [2.24, 2.45) is 0 Å². The van der Waals surface area contributed by atoms with Gasteiger partial charge in [0.2, 0.25) is 0 Å². The fourth-order valence-electron chi connectivity index (χ4n) is 4.03. The van der Waals surface area contributed by atoms with Crippen molar-refractivity contribution in [1.29, 1.82) is 0 Å². The molecule has 0 aromatic carbocycles. The lowest BCUT2D eigenvalue weighted by atomic mass is 10.1. The molecule has 1 heterocycles. The van der Waals surface area contributed by atoms with Gasteiger partial charge >= 0.3 is 0 Å². The zero-order valence-electron chi connectivity index (χ0n) is 16.4. The first-order valence-corrected chi connectivity index (χ1v) is 8.80. The molecule has 22 heavy (non-hydrogen) atoms. The molecule has 1 aliphatic rings. The summed E-state index contributed by atoms with van der Waals surface area (Å²) in [5.74, 6) is -0.178. The van der Waals surface area contributed by atoms with Crippen molar-refractivity contribution < 1.29 is 0 Å². The number of nitrogens with zero attached hydrogens (tertiary/aromatic N) is 5. The second kappa shape index (κ2) is 8.06. The molecule has 5 heteroatoms. The van der Waals surface area contributed by atoms with E-state index in [1.54, 1.807) is 0 Å². The lowest BCUT2D eigenvalue weighted by Crippen LogP contribution is -2.78. The standard InChI is InChI=1S/C17H39N5/c1-10-20-11-13-21(15(2)3)17(18(6)7,19(8)9)22(14-12-20)16(4)5/h15-16H,10-14H2,1-9H3. The van der Waals surface area contributed by atoms with Gasteiger partial charge in [-0.05, 0) is 62.4 Å². The smallest absolute Gasteiger partial charge is 0.191 e. The molecule has 0 aromatic heterocycles. The van der Waals surface area contributed by atoms with Gasteiger partial charge in [0, 0.05) is 38.3 Å². The Morgan fingerprint density at radius 3 is 1.36 bits per heavy atom. The van der Waals surface area contributed by atoms with E-state index in [-0.39, 0.29) is 5.91 Å². The molecule has 132 valence electrons. The van der Waals surface area contributed by atoms with Gasteiger partial charge in [0.25, 0.3) is 0 Å². The molecule has 0 atom stereocenters. The van der Waals surface area contributed by atoms with Crippen LogP contribution in [0, 0.1) is 0 Å². The highest BCUT2D eigenvalue weighted by molar-refractivity contribution is 4.92. The van der Waals surface area contributed by atoms with Gasteiger partial charge in [-0.15, -0.1) is 0 Å². The quantitative estimate of drug-likeness (QED) is 0.713. The molecule has 0 aliphatic carbocycles. The zero-order chi connectivity index (χ0) is 17.1. The van der Waals surface area contributed by atoms with Crippen LogP contribution in [0.2, 0.25) is 0 Å². The van der Waals surface area contributed by atoms with E-state index < -0.39 is 0 Å². The highest BCUT2D eigenvalue weighted by atomic mass is 15.7. The van der Waals surface area contributed by atoms with Crippen LogP contribution in [0.25, 0.3) is 0 Å². The highest BCUT2D eigenvalue weighted by Gasteiger charge is 2.49. The third kappa shape index (κ3) is 3.65. The molecular formula is C17H39N5. The van der Waals surface area contributed by atoms with Crippen LogP contribution in [-0.2, 0) is 0 Å². The normalized spacial score (nSPS) is 22.8. The first-order valence-electron chi connectivity index (χ1n) is 8.80. The van der Waals surface area contributed by atoms with E-state index in [2.05, 4.69) is 87.3 Å². The maximum absolute atomic E-state index is 2.65. The summed E-state index contributed by atoms with van der Waals surface area (Å²) in [5.41, 5.74) is 0. The van der Waals surface area contributed by atoms with Crippen molar-refractivity contribution in [3.63, 3.8) is 0 Å². The Kier molecular flexibility index (Phi) is 7.27. The van der Waals surface area contributed by atoms with Crippen molar-refractivity contribution >= 4 is 0 Å². The summed E-state index contributed by atoms with van der Waals surface area (Å²) < 4.78 is 0. The van der Waals surface area contributed by atoms with E-state index in [0.717, 1.165) is 32.7 Å². The predicted octanol–water partition coefficient (Wildman–Crippen LogP) is 1.48. The average Bonchev–Trinajstić information content (AvgIpc) is 2.37. The van der Waals surface area contributed by atoms with Gasteiger partial charge in [-0.1, -0.05) is 6.92 Å². The Labute approximate surface area is 138 Å². The summed E-state index contributed by atoms with van der Waals surface area (Å²) in [6.45, 7) is 17.1. The molecule has 1 saturated heterocycles. The van der Waals surface area contributed by atoms with Crippen LogP contribution in [0.4, 0.5) is 0 Å². The summed E-state index contributed by atoms with van der Waals surface area (Å²) >= 11 is 0. The molecule has 0 unspecified atom stereocenters. The van der Waals surface area contributed by atoms with Crippen molar-refractivity contribution in [2.45, 2.75) is 52.6 Å². The second-order valence-corrected chi connectivity index (χ2v) is 7.40. The molecule has 0 radical (unpaired) electrons. The molecule has 0 aromatic rings. The van der Waals surface area contributed by atoms with Crippen LogP contribution < -0.4 is 0 Å². The molecule has 5 nitrogen and oxygen atoms in total. The highest BCUT2D eigenvalue weighted by Crippen LogP contribution is 2.31. The Balaban J connectivity index is 3.37. The van der Waals surface area contributed by atoms with Crippen molar-refractivity contribution in [3.8, 4) is 0 Å². The molecule has 0 bridgehead atoms. The van der Waals surface area contributed by atoms with Crippen LogP contribution in [0.3, 0.4) is 0 Å². The topological polar surface area (TPSA) is 16.2 Å². The number of hydrogen-bond donors (Lipinski definition) is 0. The minimum absolute atomic E-state index is 0.178. The van der Waals surface area contributed by atoms with Crippen LogP contribution in [0.5, 0.6) is 0 Å². The van der Waals surface area contributed by atoms with E-state index in [1.165, 1.54) is 0 Å². The summed E-state index contributed by atoms with van der Waals surface area (Å²) in [4.78, 5) is 12.6. The van der Waals surface area contributed by atoms with Crippen LogP contribution in [-0.4, -0.2) is 103 Å². The van der Waals surface area contributed by atoms with Gasteiger partial charge < -0.3 is 4.90 Å². The van der Waals surface area contributed by atoms with E-state index in [4.69, 9.17) is 0 Å². The van der Waals surface area contributed by atoms with Gasteiger partial charge in [-0.25, -0.2) is 0 Å². The zero-order valence-corrected chi connectivity index (χ0v) is 16.4. The SMILES string of the molecule is CCN1CCN(C(C)C)C(N(C)C)(N(C)C)N(C(C)C)CC1. The van der Waals surface area contributed by atoms with E-state index >= 15 is 0 Å². The first-order chi connectivity index (χ1) is 10.2. The molecule has 1 rings (SSSR count). The minimum atomic E-state index is -0.178. The molecule has 0 amide bonds. The predicted molar refractivity (Wildman–Crippen MR) is 95.9 cm³/mol. The lowest BCUT2D eigenvalue weighted by molar-refractivity contribution is -0.258. The summed E-state index contributed by atoms with van der Waals surface area (Å²) in [7, 11) is 8.85. The molecular weight excluding hydrogens is 274 g/mol. The Bertz CT molecular complexity index is 297. The van der Waals surface area contributed by atoms with Crippen molar-refractivity contribution in [1.82, 2.24) is 24.5 Å². The number of likely N-dealkylation sites (N-methyl/N-ethyl adjacent to an activating group) is 1. The van der Waals surface area contributed by atoms with Crippen LogP contribution in [0.15, 0.2) is 0 Å². The van der Waals surface area contributed by atoms with E-state index in [1.807, 2.05) is 0 Å². The third-order valence-corrected chi connectivity index (χ3v) is 4.98. The monoisotopic (exact) mass is 313 g/mol. The van der Waals surface area contributed by atoms with E-state index in [9.17, 15) is 0 Å². The van der Waals surface area contributed by atoms with Crippen molar-refractivity contribution in [3.05, 3.63) is 0 Å². The largest absolute Gasteiger partial charge is 0.301 e. The van der Waals surface area contributed by atoms with Gasteiger partial charge in [0.1, 0.15) is 0 Å². The molecule has 1 aliphatic heterocycles. The van der Waals surface area contributed by atoms with Crippen molar-refractivity contribution in [2.75, 3.05) is 60.9 Å². The Morgan fingerprint density at radius 2 is 1.14 bits per heavy atom. The fourth-order valence-corrected chi connectivity index (χ4v) is 4.03. The van der Waals surface area contributed by atoms with Gasteiger partial charge in [0.15, 0.2) is 5.91 Å². The van der Waals surface area contributed by atoms with Gasteiger partial charge in [0.05, 0.1) is 0 Å². The molecule has 1 fully saturated rings. The second-order valence-electron chi connectivity index (χ2n) is 7.40. The number of hydrogen-bond acceptors (Lipinski definition) is 5. The van der Waals surface area contributed by atoms with Gasteiger partial charge in [-0.3, -0.25) is 19.6 Å². The fraction of sp³-hybridized carbons (Fsp3) is 1.00. The summed E-state index contributed by atoms with van der Waals surface area (Å²) in [6, 6.07) is 0.978. The third-order valence-electron chi connectivity index (χ3n) is 4.98. The average molecular weight is 314 g/mol. The van der Waals surface area contributed by atoms with Gasteiger partial charge in [-0.2, -0.15) is 0 Å². The first kappa shape index (κ1) is 19.8. The number of rotatable bonds is 5. The molecule has 0 saturated carbocycles. The summed E-state index contributed by atoms with van der Waals surface area (Å²) in [6.07, 6.45) is 0. The minimum Gasteiger partial charge on any atom is -0.301 e. The molecule has 0 N–H and O–H groups in total. The Morgan fingerprint density at radius 1 is 0.773 bits per heavy atom. The van der Waals surface area contributed by atoms with Crippen LogP contribution in [0.1, 0.15) is 34.6 Å². The summed E-state index contributed by atoms with van der Waals surface area (Å²) in [5, 5.41) is 0. The van der Waals surface area contributed by atoms with Crippen LogP contribution >= 0.6 is 0 Å². The maximum Gasteiger partial charge on any atom is 0.191 e. The Hall–Kier alpha value is -0.200. The maximum atomic E-state index is 2.65. The van der Waals surface area contributed by atoms with E-state index in [0.29, 0.717) is 12.1 Å².